The number of hydrogen-bond acceptors (Lipinski definition) is 0. The van der Waals surface area contributed by atoms with Crippen molar-refractivity contribution in [2.75, 3.05) is 0 Å². The number of benzene rings is 8. The van der Waals surface area contributed by atoms with Crippen LogP contribution in [0.25, 0.3) is 87.7 Å². The normalized spacial score (nSPS) is 13.1. The Hall–Kier alpha value is -6.12. The summed E-state index contributed by atoms with van der Waals surface area (Å²) < 4.78 is 41.4. The fourth-order valence-electron chi connectivity index (χ4n) is 7.26. The van der Waals surface area contributed by atoms with Crippen LogP contribution in [-0.2, 0) is 0 Å². The molecule has 10 aromatic rings. The summed E-state index contributed by atoms with van der Waals surface area (Å²) in [7, 11) is 0. The lowest BCUT2D eigenvalue weighted by molar-refractivity contribution is 1.17. The topological polar surface area (TPSA) is 9.86 Å². The molecule has 0 amide bonds. The van der Waals surface area contributed by atoms with Crippen LogP contribution >= 0.6 is 0 Å². The first-order valence-corrected chi connectivity index (χ1v) is 15.5. The average molecular weight is 589 g/mol. The second-order valence-electron chi connectivity index (χ2n) is 11.9. The van der Waals surface area contributed by atoms with Crippen LogP contribution in [-0.4, -0.2) is 9.13 Å². The van der Waals surface area contributed by atoms with Crippen LogP contribution < -0.4 is 0 Å². The molecule has 0 fully saturated rings. The highest BCUT2D eigenvalue weighted by molar-refractivity contribution is 6.29. The summed E-state index contributed by atoms with van der Waals surface area (Å²) in [6.45, 7) is 0. The summed E-state index contributed by atoms with van der Waals surface area (Å²) in [5.74, 6) is 0. The standard InChI is InChI=1S/C44H28N2/c1-3-11-32-27-34(18-17-29(32)9-1)31-19-22-35(23-20-31)45-39-15-7-5-13-37(39)43-41(45)25-26-42-44(43)38-14-6-8-16-40(38)46(42)36-24-21-30-10-2-4-12-33(30)28-36/h1-28H/i19D,20D,22D,23D. The Balaban J connectivity index is 1.28. The smallest absolute Gasteiger partial charge is 0.0645 e. The van der Waals surface area contributed by atoms with Crippen molar-refractivity contribution in [3.63, 3.8) is 0 Å². The van der Waals surface area contributed by atoms with Gasteiger partial charge in [0, 0.05) is 32.9 Å². The molecule has 8 aromatic carbocycles. The molecule has 46 heavy (non-hydrogen) atoms. The maximum Gasteiger partial charge on any atom is 0.0645 e. The zero-order chi connectivity index (χ0) is 33.7. The monoisotopic (exact) mass is 588 g/mol. The van der Waals surface area contributed by atoms with Gasteiger partial charge in [0.1, 0.15) is 0 Å². The molecule has 0 aliphatic carbocycles. The second-order valence-corrected chi connectivity index (χ2v) is 11.9. The van der Waals surface area contributed by atoms with E-state index >= 15 is 0 Å². The number of hydrogen-bond donors (Lipinski definition) is 0. The average Bonchev–Trinajstić information content (AvgIpc) is 3.67. The molecule has 2 heteroatoms. The number of fused-ring (bicyclic) bond motifs is 9. The van der Waals surface area contributed by atoms with Crippen molar-refractivity contribution in [1.29, 1.82) is 0 Å². The van der Waals surface area contributed by atoms with Gasteiger partial charge in [0.25, 0.3) is 0 Å². The lowest BCUT2D eigenvalue weighted by atomic mass is 10.0. The van der Waals surface area contributed by atoms with Crippen LogP contribution in [0.15, 0.2) is 170 Å². The van der Waals surface area contributed by atoms with E-state index in [4.69, 9.17) is 0 Å². The van der Waals surface area contributed by atoms with Crippen LogP contribution in [0.2, 0.25) is 0 Å². The maximum absolute atomic E-state index is 9.37. The molecule has 214 valence electrons. The Bertz CT molecular complexity index is 3010. The second kappa shape index (κ2) is 9.69. The molecule has 0 N–H and O–H groups in total. The Morgan fingerprint density at radius 3 is 1.48 bits per heavy atom. The van der Waals surface area contributed by atoms with Crippen LogP contribution in [0.4, 0.5) is 0 Å². The van der Waals surface area contributed by atoms with Gasteiger partial charge in [0.05, 0.1) is 27.5 Å². The molecule has 2 aromatic heterocycles. The lowest BCUT2D eigenvalue weighted by Crippen LogP contribution is -1.95. The fraction of sp³-hybridized carbons (Fsp3) is 0. The van der Waals surface area contributed by atoms with Crippen LogP contribution in [0.3, 0.4) is 0 Å². The van der Waals surface area contributed by atoms with E-state index in [1.54, 1.807) is 0 Å². The van der Waals surface area contributed by atoms with Gasteiger partial charge in [-0.25, -0.2) is 0 Å². The van der Waals surface area contributed by atoms with E-state index in [0.29, 0.717) is 11.1 Å². The van der Waals surface area contributed by atoms with Crippen molar-refractivity contribution in [3.8, 4) is 22.5 Å². The highest BCUT2D eigenvalue weighted by atomic mass is 15.0. The third-order valence-electron chi connectivity index (χ3n) is 9.34. The molecule has 0 radical (unpaired) electrons. The predicted molar refractivity (Wildman–Crippen MR) is 196 cm³/mol. The minimum atomic E-state index is -0.0736. The van der Waals surface area contributed by atoms with E-state index in [1.165, 1.54) is 10.8 Å². The van der Waals surface area contributed by atoms with E-state index in [1.807, 2.05) is 65.2 Å². The van der Waals surface area contributed by atoms with Gasteiger partial charge in [-0.2, -0.15) is 0 Å². The van der Waals surface area contributed by atoms with Gasteiger partial charge in [-0.15, -0.1) is 0 Å². The van der Waals surface area contributed by atoms with Crippen molar-refractivity contribution in [3.05, 3.63) is 170 Å². The molecule has 0 spiro atoms. The highest BCUT2D eigenvalue weighted by Crippen LogP contribution is 2.42. The van der Waals surface area contributed by atoms with Crippen LogP contribution in [0.5, 0.6) is 0 Å². The van der Waals surface area contributed by atoms with Crippen molar-refractivity contribution in [2.45, 2.75) is 0 Å². The zero-order valence-electron chi connectivity index (χ0n) is 28.8. The minimum absolute atomic E-state index is 0.0591. The van der Waals surface area contributed by atoms with Gasteiger partial charge in [-0.3, -0.25) is 0 Å². The molecule has 0 saturated heterocycles. The van der Waals surface area contributed by atoms with Crippen molar-refractivity contribution in [1.82, 2.24) is 9.13 Å². The Labute approximate surface area is 271 Å². The maximum atomic E-state index is 9.37. The van der Waals surface area contributed by atoms with Gasteiger partial charge in [-0.05, 0) is 87.2 Å². The van der Waals surface area contributed by atoms with Crippen LogP contribution in [0, 0.1) is 0 Å². The zero-order valence-corrected chi connectivity index (χ0v) is 24.8. The lowest BCUT2D eigenvalue weighted by Gasteiger charge is -2.11. The minimum Gasteiger partial charge on any atom is -0.309 e. The quantitative estimate of drug-likeness (QED) is 0.194. The van der Waals surface area contributed by atoms with Crippen molar-refractivity contribution >= 4 is 65.2 Å². The molecule has 10 rings (SSSR count). The summed E-state index contributed by atoms with van der Waals surface area (Å²) in [5.41, 5.74) is 6.09. The molecule has 0 aliphatic heterocycles. The van der Waals surface area contributed by atoms with Gasteiger partial charge < -0.3 is 9.13 Å². The fourth-order valence-corrected chi connectivity index (χ4v) is 7.26. The molecule has 0 aliphatic rings. The summed E-state index contributed by atoms with van der Waals surface area (Å²) in [4.78, 5) is 0. The summed E-state index contributed by atoms with van der Waals surface area (Å²) in [6.07, 6.45) is 0. The number of aromatic nitrogens is 2. The Morgan fingerprint density at radius 2 is 0.848 bits per heavy atom. The predicted octanol–water partition coefficient (Wildman–Crippen LogP) is 11.9. The first-order valence-electron chi connectivity index (χ1n) is 17.5. The molecule has 2 nitrogen and oxygen atoms in total. The molecule has 0 saturated carbocycles. The molecule has 2 heterocycles. The molecule has 0 unspecified atom stereocenters. The van der Waals surface area contributed by atoms with Gasteiger partial charge >= 0.3 is 0 Å². The van der Waals surface area contributed by atoms with E-state index < -0.39 is 0 Å². The first-order chi connectivity index (χ1) is 24.5. The molecular weight excluding hydrogens is 556 g/mol. The number of rotatable bonds is 3. The Kier molecular flexibility index (Phi) is 4.54. The summed E-state index contributed by atoms with van der Waals surface area (Å²) in [6, 6.07) is 49.2. The third kappa shape index (κ3) is 3.65. The highest BCUT2D eigenvalue weighted by Gasteiger charge is 2.20. The SMILES string of the molecule is [2H]c1c([2H])c(-n2c3ccccc3c3c4c5ccccc5n(-c5ccc6ccccc6c5)c4ccc32)c([2H])c([2H])c1-c1ccc2ccccc2c1. The van der Waals surface area contributed by atoms with Gasteiger partial charge in [-0.1, -0.05) is 115 Å². The van der Waals surface area contributed by atoms with E-state index in [9.17, 15) is 5.48 Å². The first kappa shape index (κ1) is 21.6. The Morgan fingerprint density at radius 1 is 0.348 bits per heavy atom. The molecule has 0 atom stereocenters. The number of nitrogens with zero attached hydrogens (tertiary/aromatic N) is 2. The molecular formula is C44H28N2. The van der Waals surface area contributed by atoms with Crippen molar-refractivity contribution in [2.24, 2.45) is 0 Å². The third-order valence-corrected chi connectivity index (χ3v) is 9.34. The van der Waals surface area contributed by atoms with Crippen LogP contribution in [0.1, 0.15) is 5.48 Å². The number of para-hydroxylation sites is 2. The largest absolute Gasteiger partial charge is 0.309 e. The summed E-state index contributed by atoms with van der Waals surface area (Å²) >= 11 is 0. The van der Waals surface area contributed by atoms with E-state index in [2.05, 4.69) is 89.5 Å². The van der Waals surface area contributed by atoms with Crippen molar-refractivity contribution < 1.29 is 5.48 Å². The summed E-state index contributed by atoms with van der Waals surface area (Å²) in [5, 5.41) is 8.61. The van der Waals surface area contributed by atoms with E-state index in [-0.39, 0.29) is 29.9 Å². The molecule has 0 bridgehead atoms. The van der Waals surface area contributed by atoms with Gasteiger partial charge in [0.15, 0.2) is 0 Å². The van der Waals surface area contributed by atoms with E-state index in [0.717, 1.165) is 60.1 Å². The van der Waals surface area contributed by atoms with Gasteiger partial charge in [0.2, 0.25) is 0 Å².